The maximum absolute atomic E-state index is 11.3. The normalized spacial score (nSPS) is 31.4. The highest BCUT2D eigenvalue weighted by Crippen LogP contribution is 2.57. The van der Waals surface area contributed by atoms with Crippen molar-refractivity contribution in [2.24, 2.45) is 17.6 Å². The van der Waals surface area contributed by atoms with Gasteiger partial charge in [-0.2, -0.15) is 5.10 Å². The standard InChI is InChI=1S/C14H17N3O.C8H13N/c15-14(18)13-11-7-5-10(9-3-1-2-4-9)6-8-12(11)16-17-13;1-3-8-4-6-9(8)5-2-7(1)8/h5-7,9H,1-4,8H2,(H2,15,18)(H,16,17);7H,1-6H2. The molecule has 1 amide bonds. The lowest BCUT2D eigenvalue weighted by Crippen LogP contribution is -2.63. The van der Waals surface area contributed by atoms with E-state index in [1.54, 1.807) is 0 Å². The molecule has 1 aromatic rings. The molecule has 3 heterocycles. The van der Waals surface area contributed by atoms with E-state index in [-0.39, 0.29) is 0 Å². The van der Waals surface area contributed by atoms with Crippen molar-refractivity contribution in [3.8, 4) is 0 Å². The number of amides is 1. The molecular weight excluding hydrogens is 336 g/mol. The van der Waals surface area contributed by atoms with Crippen LogP contribution in [0.2, 0.25) is 0 Å². The molecule has 0 bridgehead atoms. The van der Waals surface area contributed by atoms with E-state index in [9.17, 15) is 4.79 Å². The highest BCUT2D eigenvalue weighted by atomic mass is 16.1. The predicted molar refractivity (Wildman–Crippen MR) is 106 cm³/mol. The maximum atomic E-state index is 11.3. The van der Waals surface area contributed by atoms with Gasteiger partial charge in [0.05, 0.1) is 0 Å². The molecular formula is C22H30N4O. The number of carbonyl (C=O) groups excluding carboxylic acids is 1. The van der Waals surface area contributed by atoms with Gasteiger partial charge in [0, 0.05) is 29.8 Å². The first kappa shape index (κ1) is 17.2. The Morgan fingerprint density at radius 3 is 2.59 bits per heavy atom. The van der Waals surface area contributed by atoms with Crippen molar-refractivity contribution >= 4 is 12.0 Å². The smallest absolute Gasteiger partial charge is 0.269 e. The van der Waals surface area contributed by atoms with Crippen LogP contribution >= 0.6 is 0 Å². The van der Waals surface area contributed by atoms with Gasteiger partial charge in [-0.25, -0.2) is 0 Å². The Bertz CT molecular complexity index is 781. The zero-order chi connectivity index (χ0) is 18.4. The van der Waals surface area contributed by atoms with Gasteiger partial charge in [-0.3, -0.25) is 14.8 Å². The lowest BCUT2D eigenvalue weighted by molar-refractivity contribution is -0.0659. The Labute approximate surface area is 161 Å². The van der Waals surface area contributed by atoms with Gasteiger partial charge in [-0.15, -0.1) is 0 Å². The van der Waals surface area contributed by atoms with Gasteiger partial charge in [0.15, 0.2) is 5.69 Å². The number of H-pyrrole nitrogens is 1. The van der Waals surface area contributed by atoms with Gasteiger partial charge in [-0.05, 0) is 62.5 Å². The van der Waals surface area contributed by atoms with Gasteiger partial charge >= 0.3 is 0 Å². The molecule has 144 valence electrons. The summed E-state index contributed by atoms with van der Waals surface area (Å²) >= 11 is 0. The van der Waals surface area contributed by atoms with Gasteiger partial charge < -0.3 is 5.73 Å². The number of fused-ring (bicyclic) bond motifs is 1. The average molecular weight is 367 g/mol. The number of carbonyl (C=O) groups is 1. The van der Waals surface area contributed by atoms with Crippen LogP contribution in [0.3, 0.4) is 0 Å². The van der Waals surface area contributed by atoms with Crippen molar-refractivity contribution in [3.05, 3.63) is 34.7 Å². The van der Waals surface area contributed by atoms with Gasteiger partial charge in [-0.1, -0.05) is 31.1 Å². The minimum absolute atomic E-state index is 0.349. The quantitative estimate of drug-likeness (QED) is 0.842. The maximum Gasteiger partial charge on any atom is 0.269 e. The number of allylic oxidation sites excluding steroid dienone is 3. The lowest BCUT2D eigenvalue weighted by atomic mass is 9.62. The van der Waals surface area contributed by atoms with Crippen molar-refractivity contribution in [1.82, 2.24) is 15.1 Å². The first-order valence-electron chi connectivity index (χ1n) is 10.7. The van der Waals surface area contributed by atoms with Crippen molar-refractivity contribution in [2.75, 3.05) is 13.1 Å². The van der Waals surface area contributed by atoms with E-state index in [0.717, 1.165) is 29.1 Å². The number of aromatic amines is 1. The third kappa shape index (κ3) is 2.78. The molecule has 4 fully saturated rings. The number of aromatic nitrogens is 2. The van der Waals surface area contributed by atoms with E-state index in [0.29, 0.717) is 11.6 Å². The lowest BCUT2D eigenvalue weighted by Gasteiger charge is -2.58. The van der Waals surface area contributed by atoms with E-state index in [2.05, 4.69) is 27.2 Å². The van der Waals surface area contributed by atoms with Crippen molar-refractivity contribution in [3.63, 3.8) is 0 Å². The molecule has 2 atom stereocenters. The summed E-state index contributed by atoms with van der Waals surface area (Å²) in [5.74, 6) is 1.35. The van der Waals surface area contributed by atoms with Crippen molar-refractivity contribution < 1.29 is 4.79 Å². The summed E-state index contributed by atoms with van der Waals surface area (Å²) in [6, 6.07) is 0. The first-order chi connectivity index (χ1) is 13.2. The third-order valence-electron chi connectivity index (χ3n) is 7.80. The minimum atomic E-state index is -0.471. The number of hydrogen-bond donors (Lipinski definition) is 2. The molecule has 0 aromatic carbocycles. The molecule has 6 rings (SSSR count). The second-order valence-corrected chi connectivity index (χ2v) is 8.92. The van der Waals surface area contributed by atoms with Crippen LogP contribution in [0.25, 0.3) is 6.08 Å². The molecule has 1 aromatic heterocycles. The topological polar surface area (TPSA) is 75.0 Å². The summed E-state index contributed by atoms with van der Waals surface area (Å²) in [7, 11) is 0. The Morgan fingerprint density at radius 2 is 2.00 bits per heavy atom. The molecule has 3 aliphatic carbocycles. The van der Waals surface area contributed by atoms with E-state index >= 15 is 0 Å². The number of nitrogens with one attached hydrogen (secondary N) is 1. The molecule has 5 heteroatoms. The van der Waals surface area contributed by atoms with Crippen LogP contribution in [0, 0.1) is 11.8 Å². The summed E-state index contributed by atoms with van der Waals surface area (Å²) in [5.41, 5.74) is 9.70. The van der Waals surface area contributed by atoms with Crippen LogP contribution in [0.15, 0.2) is 17.7 Å². The summed E-state index contributed by atoms with van der Waals surface area (Å²) in [5, 5.41) is 6.89. The van der Waals surface area contributed by atoms with Gasteiger partial charge in [0.25, 0.3) is 5.91 Å². The monoisotopic (exact) mass is 366 g/mol. The van der Waals surface area contributed by atoms with Crippen LogP contribution in [0.4, 0.5) is 0 Å². The Hall–Kier alpha value is -1.88. The Morgan fingerprint density at radius 1 is 1.15 bits per heavy atom. The van der Waals surface area contributed by atoms with E-state index < -0.39 is 5.91 Å². The van der Waals surface area contributed by atoms with Gasteiger partial charge in [0.2, 0.25) is 0 Å². The fourth-order valence-electron chi connectivity index (χ4n) is 5.98. The number of nitrogens with two attached hydrogens (primary N) is 1. The van der Waals surface area contributed by atoms with Gasteiger partial charge in [0.1, 0.15) is 0 Å². The fourth-order valence-corrected chi connectivity index (χ4v) is 5.98. The molecule has 0 radical (unpaired) electrons. The summed E-state index contributed by atoms with van der Waals surface area (Å²) in [6.07, 6.45) is 18.5. The molecule has 27 heavy (non-hydrogen) atoms. The summed E-state index contributed by atoms with van der Waals surface area (Å²) in [6.45, 7) is 2.83. The largest absolute Gasteiger partial charge is 0.364 e. The van der Waals surface area contributed by atoms with Crippen LogP contribution in [-0.4, -0.2) is 39.6 Å². The average Bonchev–Trinajstić information content (AvgIpc) is 3.27. The SMILES string of the molecule is C1CN2CCC23CCC13.NC(=O)c1n[nH]c2c1C=CC(C1CCCC1)=CC2. The highest BCUT2D eigenvalue weighted by molar-refractivity contribution is 5.95. The molecule has 3 N–H and O–H groups in total. The molecule has 2 saturated carbocycles. The molecule has 5 nitrogen and oxygen atoms in total. The summed E-state index contributed by atoms with van der Waals surface area (Å²) < 4.78 is 0. The third-order valence-corrected chi connectivity index (χ3v) is 7.80. The zero-order valence-electron chi connectivity index (χ0n) is 16.0. The number of primary amides is 1. The molecule has 2 aliphatic heterocycles. The number of hydrogen-bond acceptors (Lipinski definition) is 3. The van der Waals surface area contributed by atoms with Crippen LogP contribution < -0.4 is 5.73 Å². The van der Waals surface area contributed by atoms with Crippen molar-refractivity contribution in [1.29, 1.82) is 0 Å². The number of nitrogens with zero attached hydrogens (tertiary/aromatic N) is 2. The second-order valence-electron chi connectivity index (χ2n) is 8.92. The second kappa shape index (κ2) is 6.62. The fraction of sp³-hybridized carbons (Fsp3) is 0.636. The van der Waals surface area contributed by atoms with Crippen LogP contribution in [0.5, 0.6) is 0 Å². The van der Waals surface area contributed by atoms with E-state index in [4.69, 9.17) is 5.73 Å². The van der Waals surface area contributed by atoms with E-state index in [1.165, 1.54) is 70.0 Å². The zero-order valence-corrected chi connectivity index (χ0v) is 16.0. The van der Waals surface area contributed by atoms with Crippen molar-refractivity contribution in [2.45, 2.75) is 63.3 Å². The minimum Gasteiger partial charge on any atom is -0.364 e. The first-order valence-corrected chi connectivity index (χ1v) is 10.7. The molecule has 2 saturated heterocycles. The highest BCUT2D eigenvalue weighted by Gasteiger charge is 2.59. The molecule has 5 aliphatic rings. The summed E-state index contributed by atoms with van der Waals surface area (Å²) in [4.78, 5) is 14.0. The van der Waals surface area contributed by atoms with Crippen LogP contribution in [-0.2, 0) is 6.42 Å². The molecule has 2 unspecified atom stereocenters. The van der Waals surface area contributed by atoms with Crippen LogP contribution in [0.1, 0.15) is 73.1 Å². The Balaban J connectivity index is 0.000000146. The Kier molecular flexibility index (Phi) is 4.23. The predicted octanol–water partition coefficient (Wildman–Crippen LogP) is 3.44. The van der Waals surface area contributed by atoms with E-state index in [1.807, 2.05) is 6.08 Å². The number of rotatable bonds is 2. The molecule has 1 spiro atoms.